The van der Waals surface area contributed by atoms with Crippen molar-refractivity contribution < 1.29 is 14.3 Å². The van der Waals surface area contributed by atoms with Gasteiger partial charge in [-0.2, -0.15) is 4.98 Å². The number of fused-ring (bicyclic) bond motifs is 1. The van der Waals surface area contributed by atoms with E-state index in [0.717, 1.165) is 36.4 Å². The molecule has 0 radical (unpaired) electrons. The molecule has 2 heterocycles. The van der Waals surface area contributed by atoms with Gasteiger partial charge in [0, 0.05) is 31.1 Å². The number of primary amides is 1. The summed E-state index contributed by atoms with van der Waals surface area (Å²) in [5.41, 5.74) is 7.40. The molecule has 29 heavy (non-hydrogen) atoms. The number of aromatic nitrogens is 2. The molecular formula is C20H26N6O3. The lowest BCUT2D eigenvalue weighted by Crippen LogP contribution is -2.27. The largest absolute Gasteiger partial charge is 0.489 e. The van der Waals surface area contributed by atoms with E-state index in [-0.39, 0.29) is 11.7 Å². The van der Waals surface area contributed by atoms with Crippen LogP contribution in [0.15, 0.2) is 24.4 Å². The van der Waals surface area contributed by atoms with Crippen LogP contribution in [0.25, 0.3) is 0 Å². The van der Waals surface area contributed by atoms with Crippen LogP contribution < -0.4 is 26.4 Å². The topological polar surface area (TPSA) is 123 Å². The highest BCUT2D eigenvalue weighted by Gasteiger charge is 2.24. The Balaban J connectivity index is 1.48. The fourth-order valence-corrected chi connectivity index (χ4v) is 3.01. The van der Waals surface area contributed by atoms with Crippen molar-refractivity contribution in [1.82, 2.24) is 9.97 Å². The third kappa shape index (κ3) is 4.86. The zero-order chi connectivity index (χ0) is 20.2. The maximum atomic E-state index is 11.6. The molecule has 0 spiro atoms. The molecule has 1 atom stereocenters. The van der Waals surface area contributed by atoms with Gasteiger partial charge in [0.15, 0.2) is 0 Å². The molecule has 1 aromatic heterocycles. The smallest absolute Gasteiger partial charge is 0.254 e. The Labute approximate surface area is 169 Å². The van der Waals surface area contributed by atoms with Crippen LogP contribution in [0.1, 0.15) is 36.5 Å². The zero-order valence-corrected chi connectivity index (χ0v) is 16.4. The van der Waals surface area contributed by atoms with Crippen molar-refractivity contribution in [1.29, 1.82) is 0 Å². The van der Waals surface area contributed by atoms with Gasteiger partial charge in [-0.25, -0.2) is 4.98 Å². The summed E-state index contributed by atoms with van der Waals surface area (Å²) >= 11 is 0. The van der Waals surface area contributed by atoms with Crippen LogP contribution >= 0.6 is 0 Å². The van der Waals surface area contributed by atoms with Gasteiger partial charge in [-0.3, -0.25) is 4.79 Å². The predicted molar refractivity (Wildman–Crippen MR) is 111 cm³/mol. The number of rotatable bonds is 8. The summed E-state index contributed by atoms with van der Waals surface area (Å²) in [6, 6.07) is 6.07. The minimum absolute atomic E-state index is 0.0134. The van der Waals surface area contributed by atoms with E-state index in [2.05, 4.69) is 32.8 Å². The second-order valence-corrected chi connectivity index (χ2v) is 7.26. The molecule has 1 saturated carbocycles. The molecule has 154 valence electrons. The molecule has 5 N–H and O–H groups in total. The van der Waals surface area contributed by atoms with Crippen LogP contribution in [-0.2, 0) is 4.74 Å². The summed E-state index contributed by atoms with van der Waals surface area (Å²) in [7, 11) is 0. The minimum Gasteiger partial charge on any atom is -0.489 e. The molecule has 0 saturated heterocycles. The number of carbonyl (C=O) groups is 1. The van der Waals surface area contributed by atoms with Gasteiger partial charge in [0.05, 0.1) is 11.3 Å². The summed E-state index contributed by atoms with van der Waals surface area (Å²) in [5, 5.41) is 9.79. The first-order valence-electron chi connectivity index (χ1n) is 9.95. The number of nitrogens with zero attached hydrogens (tertiary/aromatic N) is 2. The molecular weight excluding hydrogens is 372 g/mol. The number of benzene rings is 1. The molecule has 1 fully saturated rings. The molecule has 9 heteroatoms. The summed E-state index contributed by atoms with van der Waals surface area (Å²) in [4.78, 5) is 20.3. The fraction of sp³-hybridized carbons (Fsp3) is 0.450. The molecule has 4 rings (SSSR count). The highest BCUT2D eigenvalue weighted by Crippen LogP contribution is 2.31. The summed E-state index contributed by atoms with van der Waals surface area (Å²) < 4.78 is 11.6. The number of nitrogens with one attached hydrogen (secondary N) is 3. The monoisotopic (exact) mass is 398 g/mol. The van der Waals surface area contributed by atoms with Crippen molar-refractivity contribution in [2.24, 2.45) is 5.73 Å². The number of nitrogens with two attached hydrogens (primary N) is 1. The third-order valence-corrected chi connectivity index (χ3v) is 4.71. The normalized spacial score (nSPS) is 18.0. The number of amides is 1. The number of hydrogen-bond donors (Lipinski definition) is 4. The van der Waals surface area contributed by atoms with Gasteiger partial charge in [-0.1, -0.05) is 6.92 Å². The van der Waals surface area contributed by atoms with Crippen LogP contribution in [0.4, 0.5) is 23.1 Å². The maximum Gasteiger partial charge on any atom is 0.254 e. The van der Waals surface area contributed by atoms with Crippen molar-refractivity contribution in [3.63, 3.8) is 0 Å². The van der Waals surface area contributed by atoms with Crippen LogP contribution in [-0.4, -0.2) is 47.8 Å². The molecule has 0 bridgehead atoms. The minimum atomic E-state index is -0.550. The van der Waals surface area contributed by atoms with Gasteiger partial charge >= 0.3 is 0 Å². The van der Waals surface area contributed by atoms with E-state index in [4.69, 9.17) is 15.2 Å². The van der Waals surface area contributed by atoms with Gasteiger partial charge in [0.2, 0.25) is 5.95 Å². The first-order valence-corrected chi connectivity index (χ1v) is 9.95. The van der Waals surface area contributed by atoms with Crippen LogP contribution in [0, 0.1) is 0 Å². The Morgan fingerprint density at radius 3 is 3.03 bits per heavy atom. The van der Waals surface area contributed by atoms with Gasteiger partial charge < -0.3 is 31.2 Å². The molecule has 1 amide bonds. The van der Waals surface area contributed by atoms with E-state index in [1.165, 1.54) is 6.20 Å². The number of hydrogen-bond acceptors (Lipinski definition) is 8. The molecule has 1 aliphatic carbocycles. The third-order valence-electron chi connectivity index (χ3n) is 4.71. The van der Waals surface area contributed by atoms with E-state index in [1.807, 2.05) is 18.2 Å². The summed E-state index contributed by atoms with van der Waals surface area (Å²) in [6.45, 7) is 3.99. The number of anilines is 4. The van der Waals surface area contributed by atoms with Gasteiger partial charge in [-0.15, -0.1) is 0 Å². The Bertz CT molecular complexity index is 887. The fourth-order valence-electron chi connectivity index (χ4n) is 3.01. The van der Waals surface area contributed by atoms with Gasteiger partial charge in [-0.05, 0) is 37.5 Å². The lowest BCUT2D eigenvalue weighted by molar-refractivity contribution is 0.0318. The van der Waals surface area contributed by atoms with Crippen molar-refractivity contribution in [3.8, 4) is 5.75 Å². The second-order valence-electron chi connectivity index (χ2n) is 7.26. The molecule has 1 aromatic carbocycles. The van der Waals surface area contributed by atoms with Crippen molar-refractivity contribution in [2.75, 3.05) is 35.7 Å². The predicted octanol–water partition coefficient (Wildman–Crippen LogP) is 2.49. The SMILES string of the molecule is CCCO[C@@H]1CNc2cc(Nc3ncc(C(N)=O)c(NC4CC4)n3)ccc2OC1. The molecule has 1 aliphatic heterocycles. The molecule has 2 aromatic rings. The average Bonchev–Trinajstić information content (AvgIpc) is 3.53. The summed E-state index contributed by atoms with van der Waals surface area (Å²) in [5.74, 6) is 1.08. The highest BCUT2D eigenvalue weighted by molar-refractivity contribution is 5.97. The quantitative estimate of drug-likeness (QED) is 0.535. The molecule has 9 nitrogen and oxygen atoms in total. The zero-order valence-electron chi connectivity index (χ0n) is 16.4. The van der Waals surface area contributed by atoms with Crippen molar-refractivity contribution >= 4 is 29.0 Å². The van der Waals surface area contributed by atoms with Gasteiger partial charge in [0.1, 0.15) is 24.3 Å². The van der Waals surface area contributed by atoms with Crippen LogP contribution in [0.3, 0.4) is 0 Å². The second kappa shape index (κ2) is 8.52. The number of carbonyl (C=O) groups excluding carboxylic acids is 1. The van der Waals surface area contributed by atoms with Crippen molar-refractivity contribution in [3.05, 3.63) is 30.0 Å². The van der Waals surface area contributed by atoms with Crippen LogP contribution in [0.5, 0.6) is 5.75 Å². The Morgan fingerprint density at radius 1 is 1.41 bits per heavy atom. The average molecular weight is 398 g/mol. The molecule has 2 aliphatic rings. The van der Waals surface area contributed by atoms with Crippen molar-refractivity contribution in [2.45, 2.75) is 38.3 Å². The van der Waals surface area contributed by atoms with Gasteiger partial charge in [0.25, 0.3) is 5.91 Å². The Hall–Kier alpha value is -3.07. The molecule has 0 unspecified atom stereocenters. The van der Waals surface area contributed by atoms with E-state index < -0.39 is 5.91 Å². The first-order chi connectivity index (χ1) is 14.1. The summed E-state index contributed by atoms with van der Waals surface area (Å²) in [6.07, 6.45) is 4.56. The van der Waals surface area contributed by atoms with E-state index >= 15 is 0 Å². The lowest BCUT2D eigenvalue weighted by atomic mass is 10.2. The lowest BCUT2D eigenvalue weighted by Gasteiger charge is -2.14. The van der Waals surface area contributed by atoms with E-state index in [0.29, 0.717) is 37.6 Å². The number of ether oxygens (including phenoxy) is 2. The Morgan fingerprint density at radius 2 is 2.28 bits per heavy atom. The highest BCUT2D eigenvalue weighted by atomic mass is 16.5. The standard InChI is InChI=1S/C20H26N6O3/c1-2-7-28-14-9-22-16-8-13(5-6-17(16)29-11-14)25-20-23-10-15(18(21)27)19(26-20)24-12-3-4-12/h5-6,8,10,12,14,22H,2-4,7,9,11H2,1H3,(H2,21,27)(H2,23,24,25,26)/t14-/m1/s1. The Kier molecular flexibility index (Phi) is 5.66. The van der Waals surface area contributed by atoms with E-state index in [9.17, 15) is 4.79 Å². The van der Waals surface area contributed by atoms with E-state index in [1.54, 1.807) is 0 Å². The first kappa shape index (κ1) is 19.3. The maximum absolute atomic E-state index is 11.6. The van der Waals surface area contributed by atoms with Crippen LogP contribution in [0.2, 0.25) is 0 Å².